The summed E-state index contributed by atoms with van der Waals surface area (Å²) in [7, 11) is 0. The van der Waals surface area contributed by atoms with Gasteiger partial charge in [0.05, 0.1) is 13.2 Å². The maximum Gasteiger partial charge on any atom is 0.251 e. The fourth-order valence-electron chi connectivity index (χ4n) is 2.50. The summed E-state index contributed by atoms with van der Waals surface area (Å²) in [5, 5.41) is 8.72. The number of nitrogens with one attached hydrogen (secondary N) is 3. The molecular weight excluding hydrogens is 354 g/mol. The van der Waals surface area contributed by atoms with Crippen LogP contribution in [0.15, 0.2) is 48.5 Å². The van der Waals surface area contributed by atoms with Crippen LogP contribution in [0.2, 0.25) is 0 Å². The van der Waals surface area contributed by atoms with Crippen molar-refractivity contribution in [1.82, 2.24) is 5.32 Å². The highest BCUT2D eigenvalue weighted by atomic mass is 16.5. The summed E-state index contributed by atoms with van der Waals surface area (Å²) in [6.45, 7) is 5.54. The lowest BCUT2D eigenvalue weighted by Crippen LogP contribution is -2.24. The molecule has 0 aliphatic rings. The maximum absolute atomic E-state index is 12.2. The highest BCUT2D eigenvalue weighted by Crippen LogP contribution is 2.17. The van der Waals surface area contributed by atoms with E-state index in [0.29, 0.717) is 24.4 Å². The van der Waals surface area contributed by atoms with E-state index >= 15 is 0 Å². The molecule has 2 amide bonds. The first-order chi connectivity index (χ1) is 13.6. The molecule has 0 aliphatic carbocycles. The van der Waals surface area contributed by atoms with Crippen molar-refractivity contribution < 1.29 is 14.3 Å². The van der Waals surface area contributed by atoms with Crippen LogP contribution in [0.5, 0.6) is 5.75 Å². The van der Waals surface area contributed by atoms with Crippen LogP contribution in [0, 0.1) is 0 Å². The van der Waals surface area contributed by atoms with Crippen LogP contribution in [0.4, 0.5) is 11.4 Å². The molecule has 6 heteroatoms. The van der Waals surface area contributed by atoms with Crippen LogP contribution < -0.4 is 20.7 Å². The molecular formula is C22H29N3O3. The van der Waals surface area contributed by atoms with E-state index in [0.717, 1.165) is 30.7 Å². The summed E-state index contributed by atoms with van der Waals surface area (Å²) in [5.41, 5.74) is 1.93. The molecule has 28 heavy (non-hydrogen) atoms. The van der Waals surface area contributed by atoms with E-state index in [4.69, 9.17) is 4.74 Å². The number of anilines is 2. The van der Waals surface area contributed by atoms with Crippen molar-refractivity contribution in [3.8, 4) is 5.75 Å². The number of benzene rings is 2. The first-order valence-electron chi connectivity index (χ1n) is 9.77. The van der Waals surface area contributed by atoms with Crippen molar-refractivity contribution >= 4 is 23.2 Å². The van der Waals surface area contributed by atoms with Crippen LogP contribution in [0.3, 0.4) is 0 Å². The molecule has 0 heterocycles. The molecule has 0 spiro atoms. The summed E-state index contributed by atoms with van der Waals surface area (Å²) >= 11 is 0. The Morgan fingerprint density at radius 3 is 2.54 bits per heavy atom. The van der Waals surface area contributed by atoms with Gasteiger partial charge in [-0.25, -0.2) is 0 Å². The maximum atomic E-state index is 12.2. The molecule has 0 radical (unpaired) electrons. The van der Waals surface area contributed by atoms with E-state index in [1.165, 1.54) is 0 Å². The molecule has 0 saturated heterocycles. The summed E-state index contributed by atoms with van der Waals surface area (Å²) in [6.07, 6.45) is 2.97. The predicted molar refractivity (Wildman–Crippen MR) is 113 cm³/mol. The molecule has 2 aromatic carbocycles. The van der Waals surface area contributed by atoms with Crippen LogP contribution in [-0.2, 0) is 4.79 Å². The van der Waals surface area contributed by atoms with Crippen LogP contribution in [0.1, 0.15) is 43.5 Å². The highest BCUT2D eigenvalue weighted by Gasteiger charge is 2.07. The number of carbonyl (C=O) groups excluding carboxylic acids is 2. The van der Waals surface area contributed by atoms with Gasteiger partial charge in [0.15, 0.2) is 0 Å². The summed E-state index contributed by atoms with van der Waals surface area (Å²) in [6, 6.07) is 14.5. The van der Waals surface area contributed by atoms with Crippen molar-refractivity contribution in [3.05, 3.63) is 54.1 Å². The van der Waals surface area contributed by atoms with Gasteiger partial charge in [-0.2, -0.15) is 0 Å². The minimum Gasteiger partial charge on any atom is -0.494 e. The Hall–Kier alpha value is -3.02. The monoisotopic (exact) mass is 383 g/mol. The Bertz CT molecular complexity index is 777. The lowest BCUT2D eigenvalue weighted by atomic mass is 10.2. The average Bonchev–Trinajstić information content (AvgIpc) is 2.71. The van der Waals surface area contributed by atoms with Gasteiger partial charge in [0.1, 0.15) is 5.75 Å². The van der Waals surface area contributed by atoms with Crippen molar-refractivity contribution in [3.63, 3.8) is 0 Å². The predicted octanol–water partition coefficient (Wildman–Crippen LogP) is 4.06. The van der Waals surface area contributed by atoms with Crippen molar-refractivity contribution in [2.75, 3.05) is 30.3 Å². The second kappa shape index (κ2) is 11.6. The number of hydrogen-bond acceptors (Lipinski definition) is 4. The van der Waals surface area contributed by atoms with E-state index in [1.807, 2.05) is 31.2 Å². The molecule has 0 atom stereocenters. The molecule has 0 aromatic heterocycles. The molecule has 0 aliphatic heterocycles. The molecule has 0 unspecified atom stereocenters. The number of hydrogen-bond donors (Lipinski definition) is 3. The topological polar surface area (TPSA) is 79.5 Å². The number of ether oxygens (including phenoxy) is 1. The minimum atomic E-state index is -0.191. The SMILES string of the molecule is CCCCOc1cccc(NCC(=O)Nc2cccc(C(=O)NCCC)c2)c1. The molecule has 3 N–H and O–H groups in total. The molecule has 0 saturated carbocycles. The summed E-state index contributed by atoms with van der Waals surface area (Å²) in [4.78, 5) is 24.3. The lowest BCUT2D eigenvalue weighted by molar-refractivity contribution is -0.114. The van der Waals surface area contributed by atoms with Crippen LogP contribution >= 0.6 is 0 Å². The normalized spacial score (nSPS) is 10.2. The highest BCUT2D eigenvalue weighted by molar-refractivity contribution is 5.98. The quantitative estimate of drug-likeness (QED) is 0.511. The largest absolute Gasteiger partial charge is 0.494 e. The van der Waals surface area contributed by atoms with Crippen molar-refractivity contribution in [2.45, 2.75) is 33.1 Å². The number of amides is 2. The Morgan fingerprint density at radius 1 is 0.964 bits per heavy atom. The average molecular weight is 383 g/mol. The zero-order chi connectivity index (χ0) is 20.2. The first kappa shape index (κ1) is 21.3. The fraction of sp³-hybridized carbons (Fsp3) is 0.364. The minimum absolute atomic E-state index is 0.116. The standard InChI is InChI=1S/C22H29N3O3/c1-3-5-13-28-20-11-7-9-18(15-20)24-16-21(26)25-19-10-6-8-17(14-19)22(27)23-12-4-2/h6-11,14-15,24H,3-5,12-13,16H2,1-2H3,(H,23,27)(H,25,26). The van der Waals surface area contributed by atoms with Crippen molar-refractivity contribution in [2.24, 2.45) is 0 Å². The Balaban J connectivity index is 1.86. The first-order valence-corrected chi connectivity index (χ1v) is 9.77. The van der Waals surface area contributed by atoms with E-state index in [1.54, 1.807) is 24.3 Å². The molecule has 150 valence electrons. The fourth-order valence-corrected chi connectivity index (χ4v) is 2.50. The third-order valence-electron chi connectivity index (χ3n) is 4.00. The second-order valence-corrected chi connectivity index (χ2v) is 6.47. The van der Waals surface area contributed by atoms with Gasteiger partial charge in [0, 0.05) is 29.5 Å². The zero-order valence-corrected chi connectivity index (χ0v) is 16.6. The van der Waals surface area contributed by atoms with Crippen molar-refractivity contribution in [1.29, 1.82) is 0 Å². The van der Waals surface area contributed by atoms with Gasteiger partial charge in [-0.15, -0.1) is 0 Å². The summed E-state index contributed by atoms with van der Waals surface area (Å²) < 4.78 is 5.67. The summed E-state index contributed by atoms with van der Waals surface area (Å²) in [5.74, 6) is 0.448. The van der Waals surface area contributed by atoms with E-state index < -0.39 is 0 Å². The smallest absolute Gasteiger partial charge is 0.251 e. The second-order valence-electron chi connectivity index (χ2n) is 6.47. The molecule has 2 aromatic rings. The third kappa shape index (κ3) is 7.31. The van der Waals surface area contributed by atoms with Crippen LogP contribution in [-0.4, -0.2) is 31.5 Å². The number of rotatable bonds is 11. The van der Waals surface area contributed by atoms with Crippen LogP contribution in [0.25, 0.3) is 0 Å². The van der Waals surface area contributed by atoms with Gasteiger partial charge in [-0.1, -0.05) is 32.4 Å². The lowest BCUT2D eigenvalue weighted by Gasteiger charge is -2.11. The van der Waals surface area contributed by atoms with Gasteiger partial charge in [0.25, 0.3) is 5.91 Å². The number of unbranched alkanes of at least 4 members (excludes halogenated alkanes) is 1. The van der Waals surface area contributed by atoms with Gasteiger partial charge in [-0.3, -0.25) is 9.59 Å². The Kier molecular flexibility index (Phi) is 8.85. The van der Waals surface area contributed by atoms with E-state index in [-0.39, 0.29) is 18.4 Å². The Labute approximate surface area is 166 Å². The molecule has 2 rings (SSSR count). The van der Waals surface area contributed by atoms with Gasteiger partial charge >= 0.3 is 0 Å². The van der Waals surface area contributed by atoms with Gasteiger partial charge in [0.2, 0.25) is 5.91 Å². The molecule has 0 fully saturated rings. The zero-order valence-electron chi connectivity index (χ0n) is 16.6. The van der Waals surface area contributed by atoms with Gasteiger partial charge < -0.3 is 20.7 Å². The number of carbonyl (C=O) groups is 2. The van der Waals surface area contributed by atoms with E-state index in [2.05, 4.69) is 22.9 Å². The van der Waals surface area contributed by atoms with Gasteiger partial charge in [-0.05, 0) is 43.2 Å². The molecule has 6 nitrogen and oxygen atoms in total. The third-order valence-corrected chi connectivity index (χ3v) is 4.00. The molecule has 0 bridgehead atoms. The Morgan fingerprint density at radius 2 is 1.75 bits per heavy atom. The van der Waals surface area contributed by atoms with E-state index in [9.17, 15) is 9.59 Å².